The number of ether oxygens (including phenoxy) is 2. The van der Waals surface area contributed by atoms with Gasteiger partial charge in [-0.25, -0.2) is 14.8 Å². The summed E-state index contributed by atoms with van der Waals surface area (Å²) in [6.07, 6.45) is 3.99. The molecule has 0 bridgehead atoms. The van der Waals surface area contributed by atoms with Gasteiger partial charge in [-0.1, -0.05) is 42.5 Å². The summed E-state index contributed by atoms with van der Waals surface area (Å²) in [5.41, 5.74) is 3.94. The standard InChI is InChI=1S/C30H33N3O4/c1-30(2,3)37-29(34)33-16-8-9-20(18-33)17-24-26-25(21-12-14-23(35-4)15-13-21)27(22-10-6-5-7-11-22)36-28(26)32-19-31-24/h5-7,10-15,19-20H,8-9,16-18H2,1-4H3. The Morgan fingerprint density at radius 3 is 2.51 bits per heavy atom. The summed E-state index contributed by atoms with van der Waals surface area (Å²) in [7, 11) is 1.66. The summed E-state index contributed by atoms with van der Waals surface area (Å²) in [4.78, 5) is 23.8. The first-order valence-corrected chi connectivity index (χ1v) is 12.8. The highest BCUT2D eigenvalue weighted by Gasteiger charge is 2.29. The van der Waals surface area contributed by atoms with Gasteiger partial charge < -0.3 is 18.8 Å². The Hall–Kier alpha value is -3.87. The van der Waals surface area contributed by atoms with Crippen LogP contribution in [0.3, 0.4) is 0 Å². The lowest BCUT2D eigenvalue weighted by molar-refractivity contribution is 0.0166. The van der Waals surface area contributed by atoms with E-state index in [1.165, 1.54) is 0 Å². The predicted octanol–water partition coefficient (Wildman–Crippen LogP) is 6.76. The molecule has 3 heterocycles. The van der Waals surface area contributed by atoms with Crippen LogP contribution in [-0.4, -0.2) is 46.8 Å². The van der Waals surface area contributed by atoms with Crippen molar-refractivity contribution in [3.05, 3.63) is 66.6 Å². The molecule has 1 unspecified atom stereocenters. The molecule has 2 aromatic carbocycles. The maximum absolute atomic E-state index is 12.7. The highest BCUT2D eigenvalue weighted by Crippen LogP contribution is 2.42. The van der Waals surface area contributed by atoms with Crippen LogP contribution >= 0.6 is 0 Å². The van der Waals surface area contributed by atoms with Crippen LogP contribution < -0.4 is 4.74 Å². The van der Waals surface area contributed by atoms with E-state index in [2.05, 4.69) is 4.98 Å². The van der Waals surface area contributed by atoms with Crippen LogP contribution in [-0.2, 0) is 11.2 Å². The molecule has 0 radical (unpaired) electrons. The second-order valence-corrected chi connectivity index (χ2v) is 10.5. The average Bonchev–Trinajstić information content (AvgIpc) is 3.29. The lowest BCUT2D eigenvalue weighted by Gasteiger charge is -2.34. The number of fused-ring (bicyclic) bond motifs is 1. The molecule has 0 saturated carbocycles. The van der Waals surface area contributed by atoms with Crippen LogP contribution in [0.2, 0.25) is 0 Å². The van der Waals surface area contributed by atoms with Crippen molar-refractivity contribution in [1.82, 2.24) is 14.9 Å². The Kier molecular flexibility index (Phi) is 6.87. The molecule has 1 amide bonds. The van der Waals surface area contributed by atoms with Gasteiger partial charge in [0.25, 0.3) is 0 Å². The van der Waals surface area contributed by atoms with Crippen LogP contribution in [0.25, 0.3) is 33.6 Å². The van der Waals surface area contributed by atoms with Crippen LogP contribution in [0.15, 0.2) is 65.3 Å². The summed E-state index contributed by atoms with van der Waals surface area (Å²) in [5, 5.41) is 0.918. The maximum Gasteiger partial charge on any atom is 0.410 e. The fourth-order valence-electron chi connectivity index (χ4n) is 4.97. The highest BCUT2D eigenvalue weighted by atomic mass is 16.6. The molecule has 4 aromatic rings. The van der Waals surface area contributed by atoms with E-state index >= 15 is 0 Å². The molecular weight excluding hydrogens is 466 g/mol. The number of rotatable bonds is 5. The van der Waals surface area contributed by atoms with Gasteiger partial charge in [-0.15, -0.1) is 0 Å². The zero-order chi connectivity index (χ0) is 26.0. The Bertz CT molecular complexity index is 1370. The number of hydrogen-bond donors (Lipinski definition) is 0. The summed E-state index contributed by atoms with van der Waals surface area (Å²) in [6.45, 7) is 7.04. The van der Waals surface area contributed by atoms with E-state index in [9.17, 15) is 4.79 Å². The van der Waals surface area contributed by atoms with Crippen molar-refractivity contribution in [3.8, 4) is 28.2 Å². The normalized spacial score (nSPS) is 16.1. The summed E-state index contributed by atoms with van der Waals surface area (Å²) in [6, 6.07) is 18.0. The number of furan rings is 1. The Labute approximate surface area is 217 Å². The number of likely N-dealkylation sites (tertiary alicyclic amines) is 1. The molecule has 1 fully saturated rings. The number of benzene rings is 2. The van der Waals surface area contributed by atoms with E-state index < -0.39 is 5.60 Å². The Morgan fingerprint density at radius 1 is 1.05 bits per heavy atom. The van der Waals surface area contributed by atoms with Crippen LogP contribution in [0.5, 0.6) is 5.75 Å². The molecule has 7 nitrogen and oxygen atoms in total. The number of carbonyl (C=O) groups is 1. The summed E-state index contributed by atoms with van der Waals surface area (Å²) in [5.74, 6) is 1.82. The molecule has 0 spiro atoms. The van der Waals surface area contributed by atoms with Gasteiger partial charge in [0.2, 0.25) is 5.71 Å². The second kappa shape index (κ2) is 10.2. The molecule has 0 aliphatic carbocycles. The van der Waals surface area contributed by atoms with Crippen molar-refractivity contribution in [3.63, 3.8) is 0 Å². The first kappa shape index (κ1) is 24.8. The molecule has 37 heavy (non-hydrogen) atoms. The first-order chi connectivity index (χ1) is 17.8. The van der Waals surface area contributed by atoms with E-state index in [1.807, 2.05) is 80.3 Å². The van der Waals surface area contributed by atoms with Crippen molar-refractivity contribution in [2.24, 2.45) is 5.92 Å². The van der Waals surface area contributed by atoms with Crippen LogP contribution in [0.1, 0.15) is 39.3 Å². The molecule has 0 N–H and O–H groups in total. The van der Waals surface area contributed by atoms with E-state index in [0.717, 1.165) is 58.5 Å². The van der Waals surface area contributed by atoms with E-state index in [4.69, 9.17) is 18.9 Å². The van der Waals surface area contributed by atoms with Crippen molar-refractivity contribution < 1.29 is 18.7 Å². The minimum atomic E-state index is -0.513. The smallest absolute Gasteiger partial charge is 0.410 e. The fourth-order valence-corrected chi connectivity index (χ4v) is 4.97. The number of nitrogens with zero attached hydrogens (tertiary/aromatic N) is 3. The highest BCUT2D eigenvalue weighted by molar-refractivity contribution is 6.01. The van der Waals surface area contributed by atoms with Crippen molar-refractivity contribution in [1.29, 1.82) is 0 Å². The largest absolute Gasteiger partial charge is 0.497 e. The second-order valence-electron chi connectivity index (χ2n) is 10.5. The van der Waals surface area contributed by atoms with Gasteiger partial charge in [-0.05, 0) is 63.6 Å². The maximum atomic E-state index is 12.7. The fraction of sp³-hybridized carbons (Fsp3) is 0.367. The topological polar surface area (TPSA) is 77.7 Å². The minimum absolute atomic E-state index is 0.251. The molecule has 1 aliphatic rings. The van der Waals surface area contributed by atoms with Crippen molar-refractivity contribution >= 4 is 17.2 Å². The van der Waals surface area contributed by atoms with Gasteiger partial charge in [0.05, 0.1) is 18.2 Å². The number of carbonyl (C=O) groups excluding carboxylic acids is 1. The molecule has 192 valence electrons. The molecule has 7 heteroatoms. The quantitative estimate of drug-likeness (QED) is 0.302. The van der Waals surface area contributed by atoms with E-state index in [-0.39, 0.29) is 12.0 Å². The lowest BCUT2D eigenvalue weighted by atomic mass is 9.91. The van der Waals surface area contributed by atoms with Crippen molar-refractivity contribution in [2.75, 3.05) is 20.2 Å². The number of methoxy groups -OCH3 is 1. The van der Waals surface area contributed by atoms with Crippen LogP contribution in [0.4, 0.5) is 4.79 Å². The molecule has 1 atom stereocenters. The molecule has 1 saturated heterocycles. The van der Waals surface area contributed by atoms with Gasteiger partial charge >= 0.3 is 6.09 Å². The third-order valence-electron chi connectivity index (χ3n) is 6.63. The Morgan fingerprint density at radius 2 is 1.81 bits per heavy atom. The third-order valence-corrected chi connectivity index (χ3v) is 6.63. The summed E-state index contributed by atoms with van der Waals surface area (Å²) >= 11 is 0. The van der Waals surface area contributed by atoms with Gasteiger partial charge in [-0.3, -0.25) is 0 Å². The SMILES string of the molecule is COc1ccc(-c2c(-c3ccccc3)oc3ncnc(CC4CCCN(C(=O)OC(C)(C)C)C4)c23)cc1. The average molecular weight is 500 g/mol. The Balaban J connectivity index is 1.53. The number of hydrogen-bond acceptors (Lipinski definition) is 6. The molecular formula is C30H33N3O4. The molecule has 2 aromatic heterocycles. The number of amides is 1. The number of aromatic nitrogens is 2. The van der Waals surface area contributed by atoms with Gasteiger partial charge in [0, 0.05) is 24.2 Å². The van der Waals surface area contributed by atoms with E-state index in [0.29, 0.717) is 18.8 Å². The van der Waals surface area contributed by atoms with E-state index in [1.54, 1.807) is 13.4 Å². The van der Waals surface area contributed by atoms with Crippen molar-refractivity contribution in [2.45, 2.75) is 45.6 Å². The van der Waals surface area contributed by atoms with Crippen LogP contribution in [0, 0.1) is 5.92 Å². The zero-order valence-electron chi connectivity index (χ0n) is 21.9. The first-order valence-electron chi connectivity index (χ1n) is 12.8. The van der Waals surface area contributed by atoms with Gasteiger partial charge in [0.15, 0.2) is 0 Å². The summed E-state index contributed by atoms with van der Waals surface area (Å²) < 4.78 is 17.4. The molecule has 1 aliphatic heterocycles. The third kappa shape index (κ3) is 5.45. The number of piperidine rings is 1. The molecule has 5 rings (SSSR count). The lowest BCUT2D eigenvalue weighted by Crippen LogP contribution is -2.43. The predicted molar refractivity (Wildman–Crippen MR) is 143 cm³/mol. The zero-order valence-corrected chi connectivity index (χ0v) is 21.9. The minimum Gasteiger partial charge on any atom is -0.497 e. The van der Waals surface area contributed by atoms with Gasteiger partial charge in [-0.2, -0.15) is 0 Å². The van der Waals surface area contributed by atoms with Gasteiger partial charge in [0.1, 0.15) is 23.4 Å². The monoisotopic (exact) mass is 499 g/mol.